The molecule has 11 heavy (non-hydrogen) atoms. The van der Waals surface area contributed by atoms with E-state index in [2.05, 4.69) is 10.9 Å². The number of carbonyl (C=O) groups excluding carboxylic acids is 1. The largest absolute Gasteiger partial charge is 0.506 e. The summed E-state index contributed by atoms with van der Waals surface area (Å²) in [6.45, 7) is 2.81. The zero-order valence-electron chi connectivity index (χ0n) is 6.41. The molecule has 0 N–H and O–H groups in total. The highest BCUT2D eigenvalue weighted by Gasteiger charge is 1.88. The van der Waals surface area contributed by atoms with Crippen LogP contribution in [0.3, 0.4) is 0 Å². The molecule has 58 valence electrons. The summed E-state index contributed by atoms with van der Waals surface area (Å²) in [6.07, 6.45) is 0. The van der Waals surface area contributed by atoms with E-state index < -0.39 is 0 Å². The summed E-state index contributed by atoms with van der Waals surface area (Å²) < 4.78 is 9.39. The van der Waals surface area contributed by atoms with Crippen molar-refractivity contribution in [2.75, 3.05) is 7.11 Å². The van der Waals surface area contributed by atoms with Gasteiger partial charge in [-0.1, -0.05) is 30.3 Å². The lowest BCUT2D eigenvalue weighted by Crippen LogP contribution is -1.90. The van der Waals surface area contributed by atoms with E-state index in [0.717, 1.165) is 5.56 Å². The fourth-order valence-corrected chi connectivity index (χ4v) is 0.746. The van der Waals surface area contributed by atoms with Crippen molar-refractivity contribution in [1.29, 1.82) is 0 Å². The van der Waals surface area contributed by atoms with Gasteiger partial charge in [0.2, 0.25) is 0 Å². The predicted molar refractivity (Wildman–Crippen MR) is 42.8 cm³/mol. The first-order valence-electron chi connectivity index (χ1n) is 3.37. The molecule has 1 rings (SSSR count). The molecule has 0 unspecified atom stereocenters. The Balaban J connectivity index is 2.39. The fourth-order valence-electron chi connectivity index (χ4n) is 0.746. The number of ether oxygens (including phenoxy) is 1. The summed E-state index contributed by atoms with van der Waals surface area (Å²) in [7, 11) is 1.50. The molecule has 0 saturated heterocycles. The van der Waals surface area contributed by atoms with Crippen LogP contribution in [0.4, 0.5) is 0 Å². The molecule has 0 radical (unpaired) electrons. The summed E-state index contributed by atoms with van der Waals surface area (Å²) in [5.74, 6) is 0. The van der Waals surface area contributed by atoms with Crippen LogP contribution < -0.4 is 0 Å². The second-order valence-corrected chi connectivity index (χ2v) is 2.06. The number of benzene rings is 1. The number of hydrogen-bond acceptors (Lipinski definition) is 1. The zero-order chi connectivity index (χ0) is 7.94. The van der Waals surface area contributed by atoms with Crippen LogP contribution in [0.2, 0.25) is 0 Å². The molecule has 2 heteroatoms. The van der Waals surface area contributed by atoms with Gasteiger partial charge in [0, 0.05) is 5.56 Å². The highest BCUT2D eigenvalue weighted by atomic mass is 16.6. The minimum atomic E-state index is 0.509. The Kier molecular flexibility index (Phi) is 3.19. The second-order valence-electron chi connectivity index (χ2n) is 2.06. The van der Waals surface area contributed by atoms with Crippen LogP contribution >= 0.6 is 0 Å². The first kappa shape index (κ1) is 7.79. The van der Waals surface area contributed by atoms with Crippen molar-refractivity contribution in [3.63, 3.8) is 0 Å². The smallest absolute Gasteiger partial charge is 0.170 e. The Morgan fingerprint density at radius 2 is 2.09 bits per heavy atom. The molecule has 0 aliphatic carbocycles. The molecule has 0 atom stereocenters. The third-order valence-corrected chi connectivity index (χ3v) is 1.22. The van der Waals surface area contributed by atoms with Crippen LogP contribution in [0.25, 0.3) is 0 Å². The molecule has 0 fully saturated rings. The molecule has 0 spiro atoms. The molecule has 0 aliphatic rings. The van der Waals surface area contributed by atoms with Gasteiger partial charge >= 0.3 is 0 Å². The summed E-state index contributed by atoms with van der Waals surface area (Å²) in [5, 5.41) is 0. The summed E-state index contributed by atoms with van der Waals surface area (Å²) >= 11 is 0. The maximum atomic E-state index is 4.90. The van der Waals surface area contributed by atoms with Crippen molar-refractivity contribution >= 4 is 6.47 Å². The Labute approximate surface area is 66.1 Å². The normalized spacial score (nSPS) is 10.3. The predicted octanol–water partition coefficient (Wildman–Crippen LogP) is 1.44. The lowest BCUT2D eigenvalue weighted by Gasteiger charge is -1.97. The van der Waals surface area contributed by atoms with Gasteiger partial charge in [0.1, 0.15) is 7.11 Å². The van der Waals surface area contributed by atoms with Gasteiger partial charge in [0.15, 0.2) is 13.1 Å². The van der Waals surface area contributed by atoms with E-state index in [0.29, 0.717) is 6.61 Å². The Bertz CT molecular complexity index is 216. The highest BCUT2D eigenvalue weighted by Crippen LogP contribution is 1.98. The van der Waals surface area contributed by atoms with E-state index in [-0.39, 0.29) is 0 Å². The summed E-state index contributed by atoms with van der Waals surface area (Å²) in [6, 6.07) is 9.86. The van der Waals surface area contributed by atoms with E-state index in [1.165, 1.54) is 7.11 Å². The molecule has 0 saturated carbocycles. The van der Waals surface area contributed by atoms with Crippen LogP contribution in [0.15, 0.2) is 30.3 Å². The number of hydrogen-bond donors (Lipinski definition) is 0. The minimum Gasteiger partial charge on any atom is -0.506 e. The molecular weight excluding hydrogens is 140 g/mol. The van der Waals surface area contributed by atoms with Crippen molar-refractivity contribution in [2.45, 2.75) is 6.61 Å². The van der Waals surface area contributed by atoms with E-state index in [4.69, 9.17) is 4.74 Å². The average molecular weight is 150 g/mol. The average Bonchev–Trinajstić information content (AvgIpc) is 2.07. The molecule has 0 amide bonds. The Morgan fingerprint density at radius 1 is 1.36 bits per heavy atom. The summed E-state index contributed by atoms with van der Waals surface area (Å²) in [5.41, 5.74) is 1.11. The molecule has 0 aromatic heterocycles. The maximum absolute atomic E-state index is 4.90. The molecule has 0 heterocycles. The fraction of sp³-hybridized carbons (Fsp3) is 0.222. The third kappa shape index (κ3) is 2.85. The first-order chi connectivity index (χ1) is 5.43. The first-order valence-corrected chi connectivity index (χ1v) is 3.37. The van der Waals surface area contributed by atoms with Gasteiger partial charge in [0.25, 0.3) is 0 Å². The maximum Gasteiger partial charge on any atom is 0.170 e. The third-order valence-electron chi connectivity index (χ3n) is 1.22. The van der Waals surface area contributed by atoms with Crippen LogP contribution in [0.5, 0.6) is 0 Å². The quantitative estimate of drug-likeness (QED) is 0.471. The molecule has 1 aromatic carbocycles. The Morgan fingerprint density at radius 3 is 2.73 bits per heavy atom. The van der Waals surface area contributed by atoms with E-state index >= 15 is 0 Å². The van der Waals surface area contributed by atoms with Gasteiger partial charge in [-0.2, -0.15) is 0 Å². The SMILES string of the molecule is C[O+]=[C-]OCc1ccccc1. The lowest BCUT2D eigenvalue weighted by molar-refractivity contribution is 0.124. The van der Waals surface area contributed by atoms with Crippen molar-refractivity contribution in [3.8, 4) is 0 Å². The van der Waals surface area contributed by atoms with Crippen molar-refractivity contribution in [2.24, 2.45) is 0 Å². The Hall–Kier alpha value is -1.31. The van der Waals surface area contributed by atoms with E-state index in [1.807, 2.05) is 30.3 Å². The van der Waals surface area contributed by atoms with Crippen LogP contribution in [-0.2, 0) is 15.8 Å². The second kappa shape index (κ2) is 4.50. The van der Waals surface area contributed by atoms with Gasteiger partial charge < -0.3 is 9.16 Å². The van der Waals surface area contributed by atoms with Crippen LogP contribution in [0.1, 0.15) is 5.56 Å². The monoisotopic (exact) mass is 150 g/mol. The minimum absolute atomic E-state index is 0.509. The summed E-state index contributed by atoms with van der Waals surface area (Å²) in [4.78, 5) is 0. The molecule has 0 aliphatic heterocycles. The number of rotatable bonds is 3. The standard InChI is InChI=1S/C9H10O2/c1-10-8-11-7-9-5-3-2-4-6-9/h2-6H,7H2,1H3. The highest BCUT2D eigenvalue weighted by molar-refractivity contribution is 5.39. The van der Waals surface area contributed by atoms with Crippen LogP contribution in [0, 0.1) is 0 Å². The molecule has 2 nitrogen and oxygen atoms in total. The van der Waals surface area contributed by atoms with Gasteiger partial charge in [-0.25, -0.2) is 0 Å². The zero-order valence-corrected chi connectivity index (χ0v) is 6.41. The van der Waals surface area contributed by atoms with Gasteiger partial charge in [0.05, 0.1) is 0 Å². The molecule has 1 aromatic rings. The topological polar surface area (TPSA) is 20.5 Å². The van der Waals surface area contributed by atoms with Crippen molar-refractivity contribution < 1.29 is 9.16 Å². The molecular formula is C9H10O2. The van der Waals surface area contributed by atoms with Gasteiger partial charge in [-0.15, -0.1) is 0 Å². The lowest BCUT2D eigenvalue weighted by atomic mass is 10.2. The molecule has 0 bridgehead atoms. The van der Waals surface area contributed by atoms with E-state index in [1.54, 1.807) is 0 Å². The van der Waals surface area contributed by atoms with Gasteiger partial charge in [-0.3, -0.25) is 0 Å². The van der Waals surface area contributed by atoms with Crippen molar-refractivity contribution in [1.82, 2.24) is 0 Å². The van der Waals surface area contributed by atoms with Gasteiger partial charge in [-0.05, 0) is 0 Å². The van der Waals surface area contributed by atoms with E-state index in [9.17, 15) is 0 Å². The van der Waals surface area contributed by atoms with Crippen LogP contribution in [-0.4, -0.2) is 13.6 Å². The van der Waals surface area contributed by atoms with Crippen molar-refractivity contribution in [3.05, 3.63) is 35.9 Å².